The topological polar surface area (TPSA) is 75.2 Å². The first kappa shape index (κ1) is 22.5. The van der Waals surface area contributed by atoms with Crippen LogP contribution in [0.1, 0.15) is 23.1 Å². The number of halogens is 1. The van der Waals surface area contributed by atoms with Crippen molar-refractivity contribution in [2.75, 3.05) is 10.2 Å². The molecule has 2 heterocycles. The Kier molecular flexibility index (Phi) is 7.01. The van der Waals surface area contributed by atoms with Crippen LogP contribution in [0.2, 0.25) is 0 Å². The summed E-state index contributed by atoms with van der Waals surface area (Å²) >= 11 is 2.60. The SMILES string of the molecule is CC(=O)N(c1nc(/C=C/C(=O)Nc2ncc(Cc3ccccc3)s2)cs1)c1ccccc1F. The molecule has 4 aromatic rings. The second-order valence-electron chi connectivity index (χ2n) is 6.98. The van der Waals surface area contributed by atoms with Gasteiger partial charge in [-0.25, -0.2) is 14.4 Å². The van der Waals surface area contributed by atoms with Gasteiger partial charge in [0.2, 0.25) is 11.8 Å². The van der Waals surface area contributed by atoms with Crippen molar-refractivity contribution in [1.82, 2.24) is 9.97 Å². The molecule has 0 atom stereocenters. The van der Waals surface area contributed by atoms with Crippen LogP contribution in [0.4, 0.5) is 20.3 Å². The van der Waals surface area contributed by atoms with Crippen molar-refractivity contribution in [3.05, 3.63) is 94.2 Å². The van der Waals surface area contributed by atoms with Crippen molar-refractivity contribution >= 4 is 56.5 Å². The van der Waals surface area contributed by atoms with Crippen LogP contribution in [-0.4, -0.2) is 21.8 Å². The van der Waals surface area contributed by atoms with Crippen LogP contribution in [0.3, 0.4) is 0 Å². The van der Waals surface area contributed by atoms with E-state index in [-0.39, 0.29) is 17.5 Å². The van der Waals surface area contributed by atoms with Crippen LogP contribution in [0.15, 0.2) is 72.3 Å². The lowest BCUT2D eigenvalue weighted by Crippen LogP contribution is -2.23. The number of aromatic nitrogens is 2. The summed E-state index contributed by atoms with van der Waals surface area (Å²) in [5.74, 6) is -1.23. The summed E-state index contributed by atoms with van der Waals surface area (Å²) in [6.45, 7) is 1.34. The summed E-state index contributed by atoms with van der Waals surface area (Å²) in [6.07, 6.45) is 5.38. The average molecular weight is 479 g/mol. The molecule has 9 heteroatoms. The predicted octanol–water partition coefficient (Wildman–Crippen LogP) is 5.67. The zero-order valence-electron chi connectivity index (χ0n) is 17.6. The van der Waals surface area contributed by atoms with Gasteiger partial charge < -0.3 is 0 Å². The fraction of sp³-hybridized carbons (Fsp3) is 0.0833. The Bertz CT molecular complexity index is 1300. The molecule has 0 aliphatic heterocycles. The molecule has 0 fully saturated rings. The average Bonchev–Trinajstić information content (AvgIpc) is 3.44. The van der Waals surface area contributed by atoms with Gasteiger partial charge in [0.05, 0.1) is 11.4 Å². The molecule has 0 saturated carbocycles. The van der Waals surface area contributed by atoms with Crippen LogP contribution in [0.25, 0.3) is 6.08 Å². The number of nitrogens with one attached hydrogen (secondary N) is 1. The first-order valence-electron chi connectivity index (χ1n) is 9.98. The molecule has 6 nitrogen and oxygen atoms in total. The van der Waals surface area contributed by atoms with Crippen LogP contribution in [-0.2, 0) is 16.0 Å². The standard InChI is InChI=1S/C24H19FN4O2S2/c1-16(30)29(21-10-6-5-9-20(21)25)24-27-18(15-32-24)11-12-22(31)28-23-26-14-19(33-23)13-17-7-3-2-4-8-17/h2-12,14-15H,13H2,1H3,(H,26,28,31)/b12-11+. The van der Waals surface area contributed by atoms with E-state index >= 15 is 0 Å². The van der Waals surface area contributed by atoms with E-state index in [1.165, 1.54) is 64.3 Å². The number of anilines is 3. The third kappa shape index (κ3) is 5.76. The number of amides is 2. The monoisotopic (exact) mass is 478 g/mol. The van der Waals surface area contributed by atoms with E-state index in [0.717, 1.165) is 11.3 Å². The lowest BCUT2D eigenvalue weighted by Gasteiger charge is -2.18. The van der Waals surface area contributed by atoms with Gasteiger partial charge in [0.1, 0.15) is 5.82 Å². The van der Waals surface area contributed by atoms with Gasteiger partial charge >= 0.3 is 0 Å². The van der Waals surface area contributed by atoms with Gasteiger partial charge in [-0.1, -0.05) is 42.5 Å². The number of rotatable bonds is 7. The first-order chi connectivity index (χ1) is 16.0. The third-order valence-electron chi connectivity index (χ3n) is 4.52. The van der Waals surface area contributed by atoms with Gasteiger partial charge in [-0.05, 0) is 23.8 Å². The highest BCUT2D eigenvalue weighted by Gasteiger charge is 2.20. The van der Waals surface area contributed by atoms with Crippen LogP contribution in [0, 0.1) is 5.82 Å². The molecule has 0 bridgehead atoms. The number of thiazole rings is 2. The molecule has 0 aliphatic carbocycles. The molecule has 0 radical (unpaired) electrons. The van der Waals surface area contributed by atoms with Gasteiger partial charge in [0.25, 0.3) is 0 Å². The van der Waals surface area contributed by atoms with E-state index in [4.69, 9.17) is 0 Å². The number of para-hydroxylation sites is 1. The minimum Gasteiger partial charge on any atom is -0.298 e. The third-order valence-corrected chi connectivity index (χ3v) is 6.28. The Balaban J connectivity index is 1.40. The van der Waals surface area contributed by atoms with Gasteiger partial charge in [-0.2, -0.15) is 0 Å². The van der Waals surface area contributed by atoms with Crippen molar-refractivity contribution in [2.45, 2.75) is 13.3 Å². The van der Waals surface area contributed by atoms with E-state index in [2.05, 4.69) is 15.3 Å². The molecule has 4 rings (SSSR count). The quantitative estimate of drug-likeness (QED) is 0.348. The molecule has 0 saturated heterocycles. The Morgan fingerprint density at radius 1 is 1.12 bits per heavy atom. The highest BCUT2D eigenvalue weighted by molar-refractivity contribution is 7.15. The van der Waals surface area contributed by atoms with Crippen molar-refractivity contribution in [3.63, 3.8) is 0 Å². The molecule has 1 N–H and O–H groups in total. The lowest BCUT2D eigenvalue weighted by molar-refractivity contribution is -0.116. The van der Waals surface area contributed by atoms with Crippen molar-refractivity contribution in [1.29, 1.82) is 0 Å². The fourth-order valence-corrected chi connectivity index (χ4v) is 4.75. The zero-order valence-corrected chi connectivity index (χ0v) is 19.2. The van der Waals surface area contributed by atoms with Crippen LogP contribution in [0.5, 0.6) is 0 Å². The Hall–Kier alpha value is -3.69. The first-order valence-corrected chi connectivity index (χ1v) is 11.7. The molecule has 2 aromatic carbocycles. The van der Waals surface area contributed by atoms with E-state index in [1.807, 2.05) is 30.3 Å². The molecule has 166 valence electrons. The molecule has 2 amide bonds. The van der Waals surface area contributed by atoms with E-state index < -0.39 is 5.82 Å². The number of carbonyl (C=O) groups is 2. The lowest BCUT2D eigenvalue weighted by atomic mass is 10.1. The maximum Gasteiger partial charge on any atom is 0.250 e. The van der Waals surface area contributed by atoms with E-state index in [1.54, 1.807) is 23.7 Å². The predicted molar refractivity (Wildman–Crippen MR) is 130 cm³/mol. The van der Waals surface area contributed by atoms with Crippen LogP contribution < -0.4 is 10.2 Å². The van der Waals surface area contributed by atoms with Crippen molar-refractivity contribution < 1.29 is 14.0 Å². The molecule has 0 unspecified atom stereocenters. The number of hydrogen-bond acceptors (Lipinski definition) is 6. The molecule has 33 heavy (non-hydrogen) atoms. The van der Waals surface area contributed by atoms with E-state index in [9.17, 15) is 14.0 Å². The Morgan fingerprint density at radius 2 is 1.88 bits per heavy atom. The summed E-state index contributed by atoms with van der Waals surface area (Å²) < 4.78 is 14.2. The molecule has 0 aliphatic rings. The summed E-state index contributed by atoms with van der Waals surface area (Å²) in [5, 5.41) is 5.26. The summed E-state index contributed by atoms with van der Waals surface area (Å²) in [6, 6.07) is 16.0. The van der Waals surface area contributed by atoms with Crippen molar-refractivity contribution in [3.8, 4) is 0 Å². The second-order valence-corrected chi connectivity index (χ2v) is 8.93. The fourth-order valence-electron chi connectivity index (χ4n) is 3.05. The second kappa shape index (κ2) is 10.3. The summed E-state index contributed by atoms with van der Waals surface area (Å²) in [7, 11) is 0. The largest absolute Gasteiger partial charge is 0.298 e. The van der Waals surface area contributed by atoms with Gasteiger partial charge in [0, 0.05) is 35.9 Å². The molecule has 0 spiro atoms. The minimum atomic E-state index is -0.519. The smallest absolute Gasteiger partial charge is 0.250 e. The maximum absolute atomic E-state index is 14.2. The number of carbonyl (C=O) groups excluding carboxylic acids is 2. The summed E-state index contributed by atoms with van der Waals surface area (Å²) in [5.41, 5.74) is 1.78. The van der Waals surface area contributed by atoms with Gasteiger partial charge in [-0.15, -0.1) is 22.7 Å². The molecular formula is C24H19FN4O2S2. The Labute approximate surface area is 198 Å². The number of hydrogen-bond donors (Lipinski definition) is 1. The number of nitrogens with zero attached hydrogens (tertiary/aromatic N) is 3. The van der Waals surface area contributed by atoms with Crippen molar-refractivity contribution in [2.24, 2.45) is 0 Å². The van der Waals surface area contributed by atoms with Gasteiger partial charge in [0.15, 0.2) is 10.3 Å². The highest BCUT2D eigenvalue weighted by atomic mass is 32.1. The normalized spacial score (nSPS) is 11.0. The highest BCUT2D eigenvalue weighted by Crippen LogP contribution is 2.31. The molecule has 2 aromatic heterocycles. The Morgan fingerprint density at radius 3 is 2.64 bits per heavy atom. The zero-order chi connectivity index (χ0) is 23.2. The molecular weight excluding hydrogens is 459 g/mol. The van der Waals surface area contributed by atoms with Gasteiger partial charge in [-0.3, -0.25) is 19.8 Å². The van der Waals surface area contributed by atoms with E-state index in [0.29, 0.717) is 16.0 Å². The van der Waals surface area contributed by atoms with Crippen LogP contribution >= 0.6 is 22.7 Å². The summed E-state index contributed by atoms with van der Waals surface area (Å²) in [4.78, 5) is 35.3. The maximum atomic E-state index is 14.2. The minimum absolute atomic E-state index is 0.127. The number of benzene rings is 2.